The van der Waals surface area contributed by atoms with Crippen molar-refractivity contribution in [2.45, 2.75) is 39.9 Å². The van der Waals surface area contributed by atoms with Crippen LogP contribution in [-0.2, 0) is 6.18 Å². The van der Waals surface area contributed by atoms with Crippen molar-refractivity contribution in [3.8, 4) is 0 Å². The number of nitrogens with one attached hydrogen (secondary N) is 1. The van der Waals surface area contributed by atoms with Gasteiger partial charge < -0.3 is 5.32 Å². The molecule has 0 atom stereocenters. The number of alkyl halides is 3. The summed E-state index contributed by atoms with van der Waals surface area (Å²) < 4.78 is 39.3. The maximum atomic E-state index is 13.0. The number of rotatable bonds is 2. The first-order valence-corrected chi connectivity index (χ1v) is 6.76. The van der Waals surface area contributed by atoms with Gasteiger partial charge in [0.25, 0.3) is 0 Å². The summed E-state index contributed by atoms with van der Waals surface area (Å²) >= 11 is 3.03. The van der Waals surface area contributed by atoms with Crippen LogP contribution < -0.4 is 5.32 Å². The van der Waals surface area contributed by atoms with E-state index in [1.165, 1.54) is 6.20 Å². The van der Waals surface area contributed by atoms with Crippen LogP contribution in [0.1, 0.15) is 33.3 Å². The zero-order valence-electron chi connectivity index (χ0n) is 11.2. The topological polar surface area (TPSA) is 24.9 Å². The molecule has 1 aromatic rings. The van der Waals surface area contributed by atoms with E-state index in [0.29, 0.717) is 4.47 Å². The maximum Gasteiger partial charge on any atom is 0.419 e. The minimum atomic E-state index is -4.41. The maximum absolute atomic E-state index is 13.0. The molecule has 6 heteroatoms. The molecule has 2 nitrogen and oxygen atoms in total. The van der Waals surface area contributed by atoms with Crippen molar-refractivity contribution < 1.29 is 13.2 Å². The first kappa shape index (κ1) is 14.6. The van der Waals surface area contributed by atoms with E-state index in [9.17, 15) is 13.2 Å². The predicted molar refractivity (Wildman–Crippen MR) is 71.9 cm³/mol. The Hall–Kier alpha value is -0.780. The Morgan fingerprint density at radius 1 is 1.21 bits per heavy atom. The van der Waals surface area contributed by atoms with Crippen molar-refractivity contribution in [2.24, 2.45) is 10.8 Å². The van der Waals surface area contributed by atoms with E-state index in [4.69, 9.17) is 0 Å². The smallest absolute Gasteiger partial charge is 0.366 e. The second-order valence-electron chi connectivity index (χ2n) is 6.07. The van der Waals surface area contributed by atoms with Crippen LogP contribution in [0.3, 0.4) is 0 Å². The summed E-state index contributed by atoms with van der Waals surface area (Å²) in [5.41, 5.74) is -0.838. The van der Waals surface area contributed by atoms with Gasteiger partial charge in [-0.1, -0.05) is 27.7 Å². The Bertz CT molecular complexity index is 495. The summed E-state index contributed by atoms with van der Waals surface area (Å²) in [6.07, 6.45) is -3.04. The zero-order chi connectivity index (χ0) is 14.6. The molecule has 1 aromatic heterocycles. The number of aromatic nitrogens is 1. The third-order valence-corrected chi connectivity index (χ3v) is 4.90. The van der Waals surface area contributed by atoms with Gasteiger partial charge in [0.2, 0.25) is 0 Å². The molecule has 1 aliphatic carbocycles. The first-order valence-electron chi connectivity index (χ1n) is 5.97. The third-order valence-electron chi connectivity index (χ3n) is 4.46. The molecule has 1 saturated carbocycles. The molecular formula is C13H16BrF3N2. The highest BCUT2D eigenvalue weighted by Crippen LogP contribution is 2.63. The van der Waals surface area contributed by atoms with Crippen LogP contribution in [0.4, 0.5) is 19.0 Å². The van der Waals surface area contributed by atoms with Crippen LogP contribution in [0.15, 0.2) is 16.7 Å². The number of hydrogen-bond acceptors (Lipinski definition) is 2. The Balaban J connectivity index is 2.33. The zero-order valence-corrected chi connectivity index (χ0v) is 12.8. The normalized spacial score (nSPS) is 21.3. The van der Waals surface area contributed by atoms with Gasteiger partial charge in [0.05, 0.1) is 5.56 Å². The summed E-state index contributed by atoms with van der Waals surface area (Å²) in [6, 6.07) is 1.03. The standard InChI is InChI=1S/C13H16BrF3N2/c1-11(2)10(12(11,3)4)19-9-8(13(15,16)17)5-7(14)6-18-9/h5-6,10H,1-4H3,(H,18,19). The van der Waals surface area contributed by atoms with E-state index in [0.717, 1.165) is 6.07 Å². The highest BCUT2D eigenvalue weighted by molar-refractivity contribution is 9.10. The number of pyridine rings is 1. The quantitative estimate of drug-likeness (QED) is 0.845. The molecule has 0 aromatic carbocycles. The predicted octanol–water partition coefficient (Wildman–Crippen LogP) is 4.71. The van der Waals surface area contributed by atoms with E-state index >= 15 is 0 Å². The molecule has 2 rings (SSSR count). The van der Waals surface area contributed by atoms with E-state index in [-0.39, 0.29) is 22.7 Å². The van der Waals surface area contributed by atoms with Crippen LogP contribution >= 0.6 is 15.9 Å². The van der Waals surface area contributed by atoms with Crippen LogP contribution in [0.2, 0.25) is 0 Å². The van der Waals surface area contributed by atoms with Crippen LogP contribution in [-0.4, -0.2) is 11.0 Å². The van der Waals surface area contributed by atoms with Gasteiger partial charge >= 0.3 is 6.18 Å². The SMILES string of the molecule is CC1(C)C(Nc2ncc(Br)cc2C(F)(F)F)C1(C)C. The molecule has 0 unspecified atom stereocenters. The lowest BCUT2D eigenvalue weighted by Gasteiger charge is -2.15. The lowest BCUT2D eigenvalue weighted by Crippen LogP contribution is -2.17. The molecule has 19 heavy (non-hydrogen) atoms. The van der Waals surface area contributed by atoms with Crippen molar-refractivity contribution in [2.75, 3.05) is 5.32 Å². The molecule has 1 aliphatic rings. The molecule has 1 heterocycles. The average molecular weight is 337 g/mol. The Kier molecular flexibility index (Phi) is 3.16. The molecule has 0 radical (unpaired) electrons. The van der Waals surface area contributed by atoms with Crippen molar-refractivity contribution in [1.82, 2.24) is 4.98 Å². The van der Waals surface area contributed by atoms with Crippen LogP contribution in [0.25, 0.3) is 0 Å². The van der Waals surface area contributed by atoms with Gasteiger partial charge in [-0.05, 0) is 32.8 Å². The van der Waals surface area contributed by atoms with E-state index < -0.39 is 11.7 Å². The summed E-state index contributed by atoms with van der Waals surface area (Å²) in [6.45, 7) is 8.15. The monoisotopic (exact) mass is 336 g/mol. The fourth-order valence-corrected chi connectivity index (χ4v) is 2.80. The van der Waals surface area contributed by atoms with E-state index in [1.807, 2.05) is 27.7 Å². The van der Waals surface area contributed by atoms with E-state index in [2.05, 4.69) is 26.2 Å². The molecule has 0 aliphatic heterocycles. The molecule has 1 N–H and O–H groups in total. The van der Waals surface area contributed by atoms with E-state index in [1.54, 1.807) is 0 Å². The van der Waals surface area contributed by atoms with Crippen molar-refractivity contribution in [3.63, 3.8) is 0 Å². The van der Waals surface area contributed by atoms with Crippen molar-refractivity contribution in [3.05, 3.63) is 22.3 Å². The van der Waals surface area contributed by atoms with Crippen molar-refractivity contribution in [1.29, 1.82) is 0 Å². The fraction of sp³-hybridized carbons (Fsp3) is 0.615. The fourth-order valence-electron chi connectivity index (χ4n) is 2.46. The Morgan fingerprint density at radius 2 is 1.74 bits per heavy atom. The van der Waals surface area contributed by atoms with Gasteiger partial charge in [-0.15, -0.1) is 0 Å². The second kappa shape index (κ2) is 4.11. The van der Waals surface area contributed by atoms with Gasteiger partial charge in [0.15, 0.2) is 0 Å². The molecule has 0 saturated heterocycles. The number of anilines is 1. The first-order chi connectivity index (χ1) is 8.48. The summed E-state index contributed by atoms with van der Waals surface area (Å²) in [4.78, 5) is 3.88. The summed E-state index contributed by atoms with van der Waals surface area (Å²) in [5.74, 6) is -0.0978. The minimum Gasteiger partial charge on any atom is -0.366 e. The van der Waals surface area contributed by atoms with Gasteiger partial charge in [-0.2, -0.15) is 13.2 Å². The Labute approximate surface area is 118 Å². The van der Waals surface area contributed by atoms with Crippen LogP contribution in [0, 0.1) is 10.8 Å². The van der Waals surface area contributed by atoms with Gasteiger partial charge in [-0.3, -0.25) is 0 Å². The lowest BCUT2D eigenvalue weighted by molar-refractivity contribution is -0.137. The number of hydrogen-bond donors (Lipinski definition) is 1. The van der Waals surface area contributed by atoms with Crippen LogP contribution in [0.5, 0.6) is 0 Å². The highest BCUT2D eigenvalue weighted by Gasteiger charge is 2.65. The third kappa shape index (κ3) is 2.35. The highest BCUT2D eigenvalue weighted by atomic mass is 79.9. The molecule has 0 amide bonds. The van der Waals surface area contributed by atoms with Gasteiger partial charge in [-0.25, -0.2) is 4.98 Å². The molecular weight excluding hydrogens is 321 g/mol. The van der Waals surface area contributed by atoms with Gasteiger partial charge in [0.1, 0.15) is 5.82 Å². The minimum absolute atomic E-state index is 0.0187. The van der Waals surface area contributed by atoms with Gasteiger partial charge in [0, 0.05) is 16.7 Å². The number of nitrogens with zero attached hydrogens (tertiary/aromatic N) is 1. The lowest BCUT2D eigenvalue weighted by atomic mass is 10.0. The number of halogens is 4. The average Bonchev–Trinajstić information content (AvgIpc) is 2.61. The molecule has 0 spiro atoms. The summed E-state index contributed by atoms with van der Waals surface area (Å²) in [7, 11) is 0. The molecule has 0 bridgehead atoms. The largest absolute Gasteiger partial charge is 0.419 e. The molecule has 106 valence electrons. The van der Waals surface area contributed by atoms with Crippen molar-refractivity contribution >= 4 is 21.7 Å². The molecule has 1 fully saturated rings. The summed E-state index contributed by atoms with van der Waals surface area (Å²) in [5, 5.41) is 2.95. The second-order valence-corrected chi connectivity index (χ2v) is 6.98. The Morgan fingerprint density at radius 3 is 2.16 bits per heavy atom.